The topological polar surface area (TPSA) is 44.1 Å². The van der Waals surface area contributed by atoms with Crippen molar-refractivity contribution in [3.05, 3.63) is 30.9 Å². The van der Waals surface area contributed by atoms with Crippen LogP contribution in [0.15, 0.2) is 25.2 Å². The fourth-order valence-corrected chi connectivity index (χ4v) is 1.91. The summed E-state index contributed by atoms with van der Waals surface area (Å²) >= 11 is 0. The molecule has 1 aromatic rings. The van der Waals surface area contributed by atoms with Crippen LogP contribution in [0, 0.1) is 11.8 Å². The van der Waals surface area contributed by atoms with Crippen molar-refractivity contribution in [1.29, 1.82) is 0 Å². The summed E-state index contributed by atoms with van der Waals surface area (Å²) in [7, 11) is 1.95. The first-order valence-electron chi connectivity index (χ1n) is 4.96. The number of rotatable bonds is 3. The normalized spacial score (nSPS) is 25.3. The molecule has 2 rings (SSSR count). The molecule has 1 aliphatic heterocycles. The minimum Gasteiger partial charge on any atom is -0.465 e. The molecule has 0 spiro atoms. The van der Waals surface area contributed by atoms with Crippen LogP contribution < -0.4 is 0 Å². The van der Waals surface area contributed by atoms with E-state index in [2.05, 4.69) is 11.6 Å². The Bertz CT molecular complexity index is 384. The Labute approximate surface area is 88.6 Å². The number of hydrogen-bond acceptors (Lipinski definition) is 3. The molecule has 1 aliphatic rings. The lowest BCUT2D eigenvalue weighted by atomic mass is 9.91. The Morgan fingerprint density at radius 1 is 1.80 bits per heavy atom. The zero-order chi connectivity index (χ0) is 10.8. The highest BCUT2D eigenvalue weighted by molar-refractivity contribution is 5.76. The average molecular weight is 206 g/mol. The van der Waals surface area contributed by atoms with Crippen LogP contribution in [0.3, 0.4) is 0 Å². The molecular weight excluding hydrogens is 192 g/mol. The summed E-state index contributed by atoms with van der Waals surface area (Å²) in [6.07, 6.45) is 6.06. The van der Waals surface area contributed by atoms with Gasteiger partial charge in [-0.1, -0.05) is 6.08 Å². The second kappa shape index (κ2) is 3.88. The van der Waals surface area contributed by atoms with Gasteiger partial charge >= 0.3 is 5.97 Å². The van der Waals surface area contributed by atoms with E-state index in [-0.39, 0.29) is 17.8 Å². The summed E-state index contributed by atoms with van der Waals surface area (Å²) < 4.78 is 6.98. The highest BCUT2D eigenvalue weighted by atomic mass is 16.5. The summed E-state index contributed by atoms with van der Waals surface area (Å²) in [4.78, 5) is 15.4. The highest BCUT2D eigenvalue weighted by Crippen LogP contribution is 2.26. The van der Waals surface area contributed by atoms with Gasteiger partial charge in [0.15, 0.2) is 0 Å². The first-order chi connectivity index (χ1) is 7.22. The van der Waals surface area contributed by atoms with Gasteiger partial charge in [-0.3, -0.25) is 4.79 Å². The molecule has 0 N–H and O–H groups in total. The van der Waals surface area contributed by atoms with Crippen molar-refractivity contribution < 1.29 is 9.53 Å². The molecule has 0 amide bonds. The molecule has 1 saturated heterocycles. The molecule has 0 radical (unpaired) electrons. The Kier molecular flexibility index (Phi) is 2.58. The standard InChI is InChI=1S/C11H14N2O2/c1-3-10-8(6-15-11(10)14)4-9-5-12-7-13(9)2/h3,5,7-8,10H,1,4,6H2,2H3. The van der Waals surface area contributed by atoms with Crippen molar-refractivity contribution in [1.82, 2.24) is 9.55 Å². The molecule has 2 unspecified atom stereocenters. The van der Waals surface area contributed by atoms with Crippen LogP contribution in [0.25, 0.3) is 0 Å². The van der Waals surface area contributed by atoms with E-state index in [9.17, 15) is 4.79 Å². The maximum atomic E-state index is 11.3. The lowest BCUT2D eigenvalue weighted by Crippen LogP contribution is -2.16. The maximum Gasteiger partial charge on any atom is 0.313 e. The smallest absolute Gasteiger partial charge is 0.313 e. The monoisotopic (exact) mass is 206 g/mol. The van der Waals surface area contributed by atoms with Crippen molar-refractivity contribution in [3.8, 4) is 0 Å². The molecule has 0 aromatic carbocycles. The van der Waals surface area contributed by atoms with Crippen molar-refractivity contribution in [2.45, 2.75) is 6.42 Å². The number of esters is 1. The predicted molar refractivity (Wildman–Crippen MR) is 55.0 cm³/mol. The molecule has 15 heavy (non-hydrogen) atoms. The molecule has 0 saturated carbocycles. The van der Waals surface area contributed by atoms with Gasteiger partial charge < -0.3 is 9.30 Å². The molecule has 4 heteroatoms. The van der Waals surface area contributed by atoms with E-state index in [0.717, 1.165) is 12.1 Å². The number of aryl methyl sites for hydroxylation is 1. The summed E-state index contributed by atoms with van der Waals surface area (Å²) in [6.45, 7) is 4.16. The maximum absolute atomic E-state index is 11.3. The second-order valence-corrected chi connectivity index (χ2v) is 3.85. The van der Waals surface area contributed by atoms with Crippen LogP contribution in [0.1, 0.15) is 5.69 Å². The van der Waals surface area contributed by atoms with Gasteiger partial charge in [0.2, 0.25) is 0 Å². The van der Waals surface area contributed by atoms with Crippen LogP contribution in [0.5, 0.6) is 0 Å². The number of aromatic nitrogens is 2. The molecule has 2 atom stereocenters. The van der Waals surface area contributed by atoms with Gasteiger partial charge in [0.1, 0.15) is 0 Å². The van der Waals surface area contributed by atoms with Crippen LogP contribution in [-0.2, 0) is 23.0 Å². The molecular formula is C11H14N2O2. The number of imidazole rings is 1. The van der Waals surface area contributed by atoms with Gasteiger partial charge in [-0.15, -0.1) is 6.58 Å². The van der Waals surface area contributed by atoms with Gasteiger partial charge in [0, 0.05) is 24.9 Å². The Balaban J connectivity index is 2.10. The fraction of sp³-hybridized carbons (Fsp3) is 0.455. The Morgan fingerprint density at radius 2 is 2.60 bits per heavy atom. The number of hydrogen-bond donors (Lipinski definition) is 0. The van der Waals surface area contributed by atoms with E-state index in [0.29, 0.717) is 6.61 Å². The third-order valence-electron chi connectivity index (χ3n) is 2.86. The van der Waals surface area contributed by atoms with Crippen molar-refractivity contribution in [3.63, 3.8) is 0 Å². The summed E-state index contributed by atoms with van der Waals surface area (Å²) in [5.74, 6) is -0.123. The number of carbonyl (C=O) groups is 1. The van der Waals surface area contributed by atoms with Crippen LogP contribution in [-0.4, -0.2) is 22.1 Å². The largest absolute Gasteiger partial charge is 0.465 e. The molecule has 80 valence electrons. The van der Waals surface area contributed by atoms with Crippen LogP contribution in [0.2, 0.25) is 0 Å². The summed E-state index contributed by atoms with van der Waals surface area (Å²) in [5.41, 5.74) is 1.12. The summed E-state index contributed by atoms with van der Waals surface area (Å²) in [6, 6.07) is 0. The van der Waals surface area contributed by atoms with Gasteiger partial charge in [0.25, 0.3) is 0 Å². The number of ether oxygens (including phenoxy) is 1. The van der Waals surface area contributed by atoms with E-state index in [1.807, 2.05) is 17.8 Å². The quantitative estimate of drug-likeness (QED) is 0.546. The van der Waals surface area contributed by atoms with Crippen molar-refractivity contribution >= 4 is 5.97 Å². The first kappa shape index (κ1) is 9.96. The second-order valence-electron chi connectivity index (χ2n) is 3.85. The predicted octanol–water partition coefficient (Wildman–Crippen LogP) is 0.938. The van der Waals surface area contributed by atoms with E-state index in [1.165, 1.54) is 0 Å². The minimum atomic E-state index is -0.167. The molecule has 1 aromatic heterocycles. The van der Waals surface area contributed by atoms with Crippen LogP contribution in [0.4, 0.5) is 0 Å². The fourth-order valence-electron chi connectivity index (χ4n) is 1.91. The van der Waals surface area contributed by atoms with Gasteiger partial charge in [-0.2, -0.15) is 0 Å². The molecule has 4 nitrogen and oxygen atoms in total. The van der Waals surface area contributed by atoms with Gasteiger partial charge in [-0.05, 0) is 6.42 Å². The molecule has 1 fully saturated rings. The lowest BCUT2D eigenvalue weighted by molar-refractivity contribution is -0.140. The zero-order valence-electron chi connectivity index (χ0n) is 8.72. The first-order valence-corrected chi connectivity index (χ1v) is 4.96. The summed E-state index contributed by atoms with van der Waals surface area (Å²) in [5, 5.41) is 0. The molecule has 0 aliphatic carbocycles. The average Bonchev–Trinajstić information content (AvgIpc) is 2.76. The number of nitrogens with zero attached hydrogens (tertiary/aromatic N) is 2. The van der Waals surface area contributed by atoms with Crippen LogP contribution >= 0.6 is 0 Å². The highest BCUT2D eigenvalue weighted by Gasteiger charge is 2.34. The molecule has 0 bridgehead atoms. The van der Waals surface area contributed by atoms with E-state index >= 15 is 0 Å². The molecule has 2 heterocycles. The van der Waals surface area contributed by atoms with E-state index in [1.54, 1.807) is 12.4 Å². The minimum absolute atomic E-state index is 0.155. The zero-order valence-corrected chi connectivity index (χ0v) is 8.72. The van der Waals surface area contributed by atoms with E-state index < -0.39 is 0 Å². The third-order valence-corrected chi connectivity index (χ3v) is 2.86. The van der Waals surface area contributed by atoms with Crippen molar-refractivity contribution in [2.75, 3.05) is 6.61 Å². The Morgan fingerprint density at radius 3 is 3.20 bits per heavy atom. The lowest BCUT2D eigenvalue weighted by Gasteiger charge is -2.11. The van der Waals surface area contributed by atoms with Crippen molar-refractivity contribution in [2.24, 2.45) is 18.9 Å². The number of cyclic esters (lactones) is 1. The van der Waals surface area contributed by atoms with Gasteiger partial charge in [-0.25, -0.2) is 4.98 Å². The Hall–Kier alpha value is -1.58. The van der Waals surface area contributed by atoms with E-state index in [4.69, 9.17) is 4.74 Å². The van der Waals surface area contributed by atoms with Gasteiger partial charge in [0.05, 0.1) is 18.9 Å². The SMILES string of the molecule is C=CC1C(=O)OCC1Cc1cncn1C. The third kappa shape index (κ3) is 1.79. The number of carbonyl (C=O) groups excluding carboxylic acids is 1.